The quantitative estimate of drug-likeness (QED) is 0.717. The van der Waals surface area contributed by atoms with Crippen LogP contribution in [0.2, 0.25) is 0 Å². The number of aliphatic hydroxyl groups is 1. The Balaban J connectivity index is 1.45. The van der Waals surface area contributed by atoms with Gasteiger partial charge in [-0.2, -0.15) is 0 Å². The normalized spacial score (nSPS) is 18.4. The zero-order valence-corrected chi connectivity index (χ0v) is 16.8. The maximum atomic E-state index is 12.8. The van der Waals surface area contributed by atoms with Gasteiger partial charge in [-0.1, -0.05) is 11.3 Å². The van der Waals surface area contributed by atoms with Crippen LogP contribution in [-0.4, -0.2) is 46.3 Å². The highest BCUT2D eigenvalue weighted by Gasteiger charge is 2.28. The Morgan fingerprint density at radius 3 is 2.97 bits per heavy atom. The van der Waals surface area contributed by atoms with Crippen LogP contribution in [-0.2, 0) is 15.9 Å². The summed E-state index contributed by atoms with van der Waals surface area (Å²) in [5.74, 6) is -0.338. The summed E-state index contributed by atoms with van der Waals surface area (Å²) in [5, 5.41) is 13.6. The molecule has 1 saturated heterocycles. The molecular weight excluding hydrogens is 394 g/mol. The third-order valence-corrected chi connectivity index (χ3v) is 5.91. The molecule has 2 aromatic heterocycles. The number of rotatable bonds is 5. The van der Waals surface area contributed by atoms with E-state index in [0.717, 1.165) is 29.9 Å². The van der Waals surface area contributed by atoms with Crippen LogP contribution in [0.25, 0.3) is 5.76 Å². The number of aromatic nitrogens is 2. The molecular formula is C20H21N3O5S. The predicted octanol–water partition coefficient (Wildman–Crippen LogP) is 3.67. The van der Waals surface area contributed by atoms with Crippen LogP contribution in [0.1, 0.15) is 45.9 Å². The molecule has 0 spiro atoms. The van der Waals surface area contributed by atoms with Gasteiger partial charge >= 0.3 is 6.09 Å². The second kappa shape index (κ2) is 8.30. The van der Waals surface area contributed by atoms with Gasteiger partial charge in [0.2, 0.25) is 0 Å². The summed E-state index contributed by atoms with van der Waals surface area (Å²) in [6, 6.07) is 3.46. The molecule has 0 bridgehead atoms. The molecule has 1 aliphatic heterocycles. The lowest BCUT2D eigenvalue weighted by Crippen LogP contribution is -2.21. The van der Waals surface area contributed by atoms with E-state index in [4.69, 9.17) is 9.47 Å². The van der Waals surface area contributed by atoms with E-state index in [1.807, 2.05) is 6.92 Å². The zero-order valence-electron chi connectivity index (χ0n) is 15.9. The van der Waals surface area contributed by atoms with Crippen molar-refractivity contribution < 1.29 is 24.2 Å². The molecule has 152 valence electrons. The molecule has 29 heavy (non-hydrogen) atoms. The van der Waals surface area contributed by atoms with Gasteiger partial charge in [-0.3, -0.25) is 15.1 Å². The lowest BCUT2D eigenvalue weighted by molar-refractivity contribution is 0.0484. The lowest BCUT2D eigenvalue weighted by Gasteiger charge is -2.14. The Bertz CT molecular complexity index is 961. The smallest absolute Gasteiger partial charge is 0.413 e. The summed E-state index contributed by atoms with van der Waals surface area (Å²) in [6.07, 6.45) is 3.57. The zero-order chi connectivity index (χ0) is 20.4. The van der Waals surface area contributed by atoms with Gasteiger partial charge in [0.15, 0.2) is 10.9 Å². The number of anilines is 1. The van der Waals surface area contributed by atoms with Crippen LogP contribution >= 0.6 is 11.3 Å². The number of carbonyl (C=O) groups excluding carboxylic acids is 2. The van der Waals surface area contributed by atoms with Crippen LogP contribution in [0.15, 0.2) is 23.9 Å². The molecule has 0 aromatic carbocycles. The SMILES string of the molecule is Cc1ccc(C(=O)C2=C(O)c3sc(NC(=O)OCC4CCCO4)nc3CC2)cn1. The number of amides is 1. The van der Waals surface area contributed by atoms with Gasteiger partial charge < -0.3 is 14.6 Å². The number of carbonyl (C=O) groups is 2. The van der Waals surface area contributed by atoms with E-state index in [2.05, 4.69) is 15.3 Å². The van der Waals surface area contributed by atoms with Crippen LogP contribution in [0.5, 0.6) is 0 Å². The van der Waals surface area contributed by atoms with E-state index < -0.39 is 6.09 Å². The number of pyridine rings is 1. The minimum Gasteiger partial charge on any atom is -0.506 e. The molecule has 0 saturated carbocycles. The number of fused-ring (bicyclic) bond motifs is 1. The summed E-state index contributed by atoms with van der Waals surface area (Å²) in [4.78, 5) is 33.7. The molecule has 2 aromatic rings. The van der Waals surface area contributed by atoms with E-state index in [0.29, 0.717) is 46.3 Å². The van der Waals surface area contributed by atoms with E-state index in [9.17, 15) is 14.7 Å². The fourth-order valence-corrected chi connectivity index (χ4v) is 4.29. The van der Waals surface area contributed by atoms with Crippen molar-refractivity contribution in [3.8, 4) is 0 Å². The lowest BCUT2D eigenvalue weighted by atomic mass is 9.93. The first-order valence-electron chi connectivity index (χ1n) is 9.46. The highest BCUT2D eigenvalue weighted by Crippen LogP contribution is 2.37. The topological polar surface area (TPSA) is 111 Å². The second-order valence-corrected chi connectivity index (χ2v) is 8.00. The van der Waals surface area contributed by atoms with Crippen molar-refractivity contribution in [3.63, 3.8) is 0 Å². The fourth-order valence-electron chi connectivity index (χ4n) is 3.32. The number of thiazole rings is 1. The minimum atomic E-state index is -0.614. The van der Waals surface area contributed by atoms with Crippen LogP contribution in [0.3, 0.4) is 0 Å². The van der Waals surface area contributed by atoms with Gasteiger partial charge in [-0.05, 0) is 44.7 Å². The highest BCUT2D eigenvalue weighted by atomic mass is 32.1. The largest absolute Gasteiger partial charge is 0.506 e. The van der Waals surface area contributed by atoms with Gasteiger partial charge in [-0.25, -0.2) is 9.78 Å². The van der Waals surface area contributed by atoms with Gasteiger partial charge in [0.1, 0.15) is 12.4 Å². The van der Waals surface area contributed by atoms with Crippen LogP contribution < -0.4 is 5.32 Å². The van der Waals surface area contributed by atoms with Crippen molar-refractivity contribution in [2.75, 3.05) is 18.5 Å². The molecule has 0 radical (unpaired) electrons. The molecule has 4 rings (SSSR count). The number of ether oxygens (including phenoxy) is 2. The fraction of sp³-hybridized carbons (Fsp3) is 0.400. The van der Waals surface area contributed by atoms with Crippen molar-refractivity contribution in [2.45, 2.75) is 38.7 Å². The summed E-state index contributed by atoms with van der Waals surface area (Å²) < 4.78 is 10.6. The Morgan fingerprint density at radius 2 is 2.24 bits per heavy atom. The van der Waals surface area contributed by atoms with Gasteiger partial charge in [-0.15, -0.1) is 0 Å². The highest BCUT2D eigenvalue weighted by molar-refractivity contribution is 7.16. The first kappa shape index (κ1) is 19.5. The number of nitrogens with zero attached hydrogens (tertiary/aromatic N) is 2. The molecule has 8 nitrogen and oxygen atoms in total. The number of hydrogen-bond donors (Lipinski definition) is 2. The molecule has 9 heteroatoms. The Labute approximate surface area is 171 Å². The first-order chi connectivity index (χ1) is 14.0. The minimum absolute atomic E-state index is 0.0536. The summed E-state index contributed by atoms with van der Waals surface area (Å²) in [6.45, 7) is 2.74. The number of aryl methyl sites for hydroxylation is 2. The second-order valence-electron chi connectivity index (χ2n) is 7.00. The monoisotopic (exact) mass is 415 g/mol. The summed E-state index contributed by atoms with van der Waals surface area (Å²) in [7, 11) is 0. The number of nitrogens with one attached hydrogen (secondary N) is 1. The van der Waals surface area contributed by atoms with E-state index >= 15 is 0 Å². The predicted molar refractivity (Wildman–Crippen MR) is 107 cm³/mol. The molecule has 1 atom stereocenters. The van der Waals surface area contributed by atoms with E-state index in [-0.39, 0.29) is 24.3 Å². The van der Waals surface area contributed by atoms with Gasteiger partial charge in [0.05, 0.1) is 16.7 Å². The molecule has 1 unspecified atom stereocenters. The molecule has 1 fully saturated rings. The van der Waals surface area contributed by atoms with Crippen LogP contribution in [0, 0.1) is 6.92 Å². The summed E-state index contributed by atoms with van der Waals surface area (Å²) in [5.41, 5.74) is 2.23. The van der Waals surface area contributed by atoms with Crippen LogP contribution in [0.4, 0.5) is 9.93 Å². The number of ketones is 1. The van der Waals surface area contributed by atoms with Gasteiger partial charge in [0, 0.05) is 29.6 Å². The Kier molecular flexibility index (Phi) is 5.59. The number of Topliss-reactive ketones (excluding diaryl/α,β-unsaturated/α-hetero) is 1. The maximum absolute atomic E-state index is 12.8. The van der Waals surface area contributed by atoms with E-state index in [1.165, 1.54) is 6.20 Å². The number of aliphatic hydroxyl groups excluding tert-OH is 1. The van der Waals surface area contributed by atoms with Crippen molar-refractivity contribution in [3.05, 3.63) is 45.7 Å². The third-order valence-electron chi connectivity index (χ3n) is 4.89. The van der Waals surface area contributed by atoms with Crippen molar-refractivity contribution in [1.29, 1.82) is 0 Å². The number of hydrogen-bond acceptors (Lipinski definition) is 8. The molecule has 3 heterocycles. The maximum Gasteiger partial charge on any atom is 0.413 e. The molecule has 2 N–H and O–H groups in total. The van der Waals surface area contributed by atoms with Crippen molar-refractivity contribution in [2.24, 2.45) is 0 Å². The Hall–Kier alpha value is -2.78. The molecule has 1 aliphatic carbocycles. The van der Waals surface area contributed by atoms with Crippen molar-refractivity contribution >= 4 is 34.1 Å². The average Bonchev–Trinajstić information content (AvgIpc) is 3.36. The van der Waals surface area contributed by atoms with Crippen molar-refractivity contribution in [1.82, 2.24) is 9.97 Å². The standard InChI is InChI=1S/C20H21N3O5S/c1-11-4-5-12(9-21-11)16(24)14-6-7-15-18(17(14)25)29-19(22-15)23-20(26)28-10-13-3-2-8-27-13/h4-5,9,13,25H,2-3,6-8,10H2,1H3,(H,22,23,26). The first-order valence-corrected chi connectivity index (χ1v) is 10.3. The Morgan fingerprint density at radius 1 is 1.38 bits per heavy atom. The van der Waals surface area contributed by atoms with Gasteiger partial charge in [0.25, 0.3) is 0 Å². The average molecular weight is 415 g/mol. The van der Waals surface area contributed by atoms with E-state index in [1.54, 1.807) is 12.1 Å². The molecule has 1 amide bonds. The summed E-state index contributed by atoms with van der Waals surface area (Å²) >= 11 is 1.12. The molecule has 2 aliphatic rings. The number of allylic oxidation sites excluding steroid dienone is 1. The third kappa shape index (κ3) is 4.30.